The summed E-state index contributed by atoms with van der Waals surface area (Å²) >= 11 is 3.46. The molecule has 0 aromatic carbocycles. The zero-order chi connectivity index (χ0) is 16.5. The second kappa shape index (κ2) is 16.9. The minimum atomic E-state index is -0.341. The van der Waals surface area contributed by atoms with Crippen molar-refractivity contribution in [2.45, 2.75) is 84.2 Å². The van der Waals surface area contributed by atoms with Gasteiger partial charge in [-0.15, -0.1) is 0 Å². The highest BCUT2D eigenvalue weighted by molar-refractivity contribution is 9.09. The first-order chi connectivity index (χ1) is 10.7. The maximum Gasteiger partial charge on any atom is 0.333 e. The molecule has 4 heteroatoms. The normalized spacial score (nSPS) is 12.5. The summed E-state index contributed by atoms with van der Waals surface area (Å²) in [5.74, 6) is -0.341. The number of hydrogen-bond donors (Lipinski definition) is 0. The number of hydrogen-bond acceptors (Lipinski definition) is 3. The van der Waals surface area contributed by atoms with E-state index in [-0.39, 0.29) is 12.1 Å². The van der Waals surface area contributed by atoms with E-state index < -0.39 is 0 Å². The smallest absolute Gasteiger partial charge is 0.333 e. The van der Waals surface area contributed by atoms with Crippen LogP contribution in [0.3, 0.4) is 0 Å². The van der Waals surface area contributed by atoms with Crippen LogP contribution in [0.25, 0.3) is 0 Å². The quantitative estimate of drug-likeness (QED) is 0.120. The third-order valence-electron chi connectivity index (χ3n) is 3.57. The van der Waals surface area contributed by atoms with Crippen LogP contribution in [0.4, 0.5) is 0 Å². The van der Waals surface area contributed by atoms with E-state index >= 15 is 0 Å². The predicted molar refractivity (Wildman–Crippen MR) is 96.3 cm³/mol. The SMILES string of the molecule is CCCCCCCCCCC(CCBr)O/C=C/C(=O)OCC. The summed E-state index contributed by atoms with van der Waals surface area (Å²) in [4.78, 5) is 11.2. The standard InChI is InChI=1S/C18H33BrO3/c1-3-5-6-7-8-9-10-11-12-17(13-15-19)22-16-14-18(20)21-4-2/h14,16-17H,3-13,15H2,1-2H3/b16-14+. The Labute approximate surface area is 145 Å². The molecule has 0 saturated carbocycles. The minimum Gasteiger partial charge on any atom is -0.498 e. The Hall–Kier alpha value is -0.510. The molecule has 0 fully saturated rings. The van der Waals surface area contributed by atoms with Gasteiger partial charge >= 0.3 is 5.97 Å². The second-order valence-corrected chi connectivity index (χ2v) is 6.35. The van der Waals surface area contributed by atoms with E-state index in [9.17, 15) is 4.79 Å². The Morgan fingerprint density at radius 3 is 2.23 bits per heavy atom. The highest BCUT2D eigenvalue weighted by Gasteiger charge is 2.07. The molecule has 1 unspecified atom stereocenters. The Balaban J connectivity index is 3.69. The topological polar surface area (TPSA) is 35.5 Å². The average molecular weight is 377 g/mol. The van der Waals surface area contributed by atoms with Crippen molar-refractivity contribution in [1.82, 2.24) is 0 Å². The summed E-state index contributed by atoms with van der Waals surface area (Å²) in [5.41, 5.74) is 0. The Bertz CT molecular complexity index is 280. The van der Waals surface area contributed by atoms with Crippen LogP contribution in [0.5, 0.6) is 0 Å². The van der Waals surface area contributed by atoms with Crippen LogP contribution in [0.2, 0.25) is 0 Å². The Morgan fingerprint density at radius 1 is 1.00 bits per heavy atom. The van der Waals surface area contributed by atoms with Crippen molar-refractivity contribution in [2.75, 3.05) is 11.9 Å². The summed E-state index contributed by atoms with van der Waals surface area (Å²) in [6, 6.07) is 0. The van der Waals surface area contributed by atoms with E-state index in [1.165, 1.54) is 63.7 Å². The van der Waals surface area contributed by atoms with E-state index in [1.54, 1.807) is 6.92 Å². The van der Waals surface area contributed by atoms with Gasteiger partial charge in [0.15, 0.2) is 0 Å². The lowest BCUT2D eigenvalue weighted by Gasteiger charge is -2.15. The van der Waals surface area contributed by atoms with E-state index in [4.69, 9.17) is 9.47 Å². The van der Waals surface area contributed by atoms with E-state index in [2.05, 4.69) is 22.9 Å². The first-order valence-corrected chi connectivity index (χ1v) is 9.91. The van der Waals surface area contributed by atoms with Gasteiger partial charge in [-0.1, -0.05) is 67.8 Å². The molecule has 0 amide bonds. The molecule has 0 N–H and O–H groups in total. The molecule has 0 bridgehead atoms. The number of carbonyl (C=O) groups excluding carboxylic acids is 1. The van der Waals surface area contributed by atoms with Crippen LogP contribution in [0.1, 0.15) is 78.1 Å². The average Bonchev–Trinajstić information content (AvgIpc) is 2.50. The van der Waals surface area contributed by atoms with Gasteiger partial charge in [-0.05, 0) is 26.2 Å². The molecule has 0 saturated heterocycles. The molecule has 22 heavy (non-hydrogen) atoms. The molecule has 0 radical (unpaired) electrons. The first kappa shape index (κ1) is 21.5. The molecule has 0 heterocycles. The van der Waals surface area contributed by atoms with Crippen LogP contribution in [0, 0.1) is 0 Å². The molecule has 0 aromatic heterocycles. The Morgan fingerprint density at radius 2 is 1.64 bits per heavy atom. The molecule has 130 valence electrons. The highest BCUT2D eigenvalue weighted by atomic mass is 79.9. The van der Waals surface area contributed by atoms with Crippen LogP contribution in [-0.2, 0) is 14.3 Å². The fraction of sp³-hybridized carbons (Fsp3) is 0.833. The summed E-state index contributed by atoms with van der Waals surface area (Å²) in [6.45, 7) is 4.44. The van der Waals surface area contributed by atoms with Crippen LogP contribution in [-0.4, -0.2) is 24.0 Å². The van der Waals surface area contributed by atoms with Gasteiger partial charge in [0, 0.05) is 5.33 Å². The fourth-order valence-corrected chi connectivity index (χ4v) is 2.81. The van der Waals surface area contributed by atoms with Crippen molar-refractivity contribution in [1.29, 1.82) is 0 Å². The molecule has 3 nitrogen and oxygen atoms in total. The zero-order valence-electron chi connectivity index (χ0n) is 14.3. The van der Waals surface area contributed by atoms with Gasteiger partial charge in [-0.3, -0.25) is 0 Å². The molecule has 1 atom stereocenters. The Kier molecular flexibility index (Phi) is 16.5. The summed E-state index contributed by atoms with van der Waals surface area (Å²) in [7, 11) is 0. The van der Waals surface area contributed by atoms with Crippen molar-refractivity contribution in [2.24, 2.45) is 0 Å². The molecule has 0 spiro atoms. The number of halogens is 1. The molecular weight excluding hydrogens is 344 g/mol. The number of rotatable bonds is 15. The molecule has 0 aliphatic heterocycles. The molecule has 0 aliphatic rings. The van der Waals surface area contributed by atoms with Gasteiger partial charge < -0.3 is 9.47 Å². The summed E-state index contributed by atoms with van der Waals surface area (Å²) < 4.78 is 10.5. The number of esters is 1. The molecule has 0 aromatic rings. The van der Waals surface area contributed by atoms with Gasteiger partial charge in [0.2, 0.25) is 0 Å². The largest absolute Gasteiger partial charge is 0.498 e. The maximum absolute atomic E-state index is 11.2. The lowest BCUT2D eigenvalue weighted by molar-refractivity contribution is -0.137. The number of ether oxygens (including phenoxy) is 2. The highest BCUT2D eigenvalue weighted by Crippen LogP contribution is 2.14. The summed E-state index contributed by atoms with van der Waals surface area (Å²) in [6.07, 6.45) is 15.6. The van der Waals surface area contributed by atoms with E-state index in [0.717, 1.165) is 18.2 Å². The van der Waals surface area contributed by atoms with Crippen molar-refractivity contribution < 1.29 is 14.3 Å². The second-order valence-electron chi connectivity index (χ2n) is 5.55. The van der Waals surface area contributed by atoms with Crippen molar-refractivity contribution in [3.05, 3.63) is 12.3 Å². The number of alkyl halides is 1. The maximum atomic E-state index is 11.2. The van der Waals surface area contributed by atoms with Gasteiger partial charge in [0.25, 0.3) is 0 Å². The zero-order valence-corrected chi connectivity index (χ0v) is 15.9. The van der Waals surface area contributed by atoms with Crippen molar-refractivity contribution in [3.63, 3.8) is 0 Å². The van der Waals surface area contributed by atoms with E-state index in [0.29, 0.717) is 6.61 Å². The van der Waals surface area contributed by atoms with Gasteiger partial charge in [0.1, 0.15) is 0 Å². The number of carbonyl (C=O) groups is 1. The lowest BCUT2D eigenvalue weighted by atomic mass is 10.0. The van der Waals surface area contributed by atoms with Crippen LogP contribution >= 0.6 is 15.9 Å². The first-order valence-electron chi connectivity index (χ1n) is 8.79. The van der Waals surface area contributed by atoms with Gasteiger partial charge in [0.05, 0.1) is 25.0 Å². The molecule has 0 aliphatic carbocycles. The molecule has 0 rings (SSSR count). The van der Waals surface area contributed by atoms with Gasteiger partial charge in [-0.25, -0.2) is 4.79 Å². The minimum absolute atomic E-state index is 0.185. The van der Waals surface area contributed by atoms with Gasteiger partial charge in [-0.2, -0.15) is 0 Å². The predicted octanol–water partition coefficient (Wildman–Crippen LogP) is 5.76. The fourth-order valence-electron chi connectivity index (χ4n) is 2.30. The third-order valence-corrected chi connectivity index (χ3v) is 4.03. The monoisotopic (exact) mass is 376 g/mol. The third kappa shape index (κ3) is 14.4. The lowest BCUT2D eigenvalue weighted by Crippen LogP contribution is -2.11. The van der Waals surface area contributed by atoms with Crippen molar-refractivity contribution in [3.8, 4) is 0 Å². The molecular formula is C18H33BrO3. The van der Waals surface area contributed by atoms with Crippen molar-refractivity contribution >= 4 is 21.9 Å². The van der Waals surface area contributed by atoms with E-state index in [1.807, 2.05) is 0 Å². The number of unbranched alkanes of at least 4 members (excludes halogenated alkanes) is 7. The van der Waals surface area contributed by atoms with Crippen LogP contribution < -0.4 is 0 Å². The summed E-state index contributed by atoms with van der Waals surface area (Å²) in [5, 5.41) is 0.919. The van der Waals surface area contributed by atoms with Crippen LogP contribution in [0.15, 0.2) is 12.3 Å².